The van der Waals surface area contributed by atoms with Gasteiger partial charge in [-0.3, -0.25) is 0 Å². The molecule has 1 heterocycles. The fraction of sp³-hybridized carbons (Fsp3) is 0.235. The summed E-state index contributed by atoms with van der Waals surface area (Å²) in [6, 6.07) is 12.6. The molecule has 0 amide bonds. The maximum atomic E-state index is 14.0. The SMILES string of the molecule is Cn1c(C(CN)Cc2c(F)cccc2Cl)nc2ccccc21. The Morgan fingerprint density at radius 1 is 1.23 bits per heavy atom. The predicted octanol–water partition coefficient (Wildman–Crippen LogP) is 3.65. The van der Waals surface area contributed by atoms with Gasteiger partial charge in [-0.1, -0.05) is 29.8 Å². The highest BCUT2D eigenvalue weighted by Crippen LogP contribution is 2.28. The third kappa shape index (κ3) is 2.60. The maximum Gasteiger partial charge on any atom is 0.127 e. The van der Waals surface area contributed by atoms with Crippen molar-refractivity contribution in [1.82, 2.24) is 9.55 Å². The van der Waals surface area contributed by atoms with Gasteiger partial charge in [-0.2, -0.15) is 0 Å². The topological polar surface area (TPSA) is 43.8 Å². The van der Waals surface area contributed by atoms with E-state index < -0.39 is 0 Å². The molecule has 22 heavy (non-hydrogen) atoms. The summed E-state index contributed by atoms with van der Waals surface area (Å²) in [6.45, 7) is 0.377. The smallest absolute Gasteiger partial charge is 0.127 e. The summed E-state index contributed by atoms with van der Waals surface area (Å²) >= 11 is 6.13. The Bertz CT molecular complexity index is 793. The fourth-order valence-corrected chi connectivity index (χ4v) is 3.02. The van der Waals surface area contributed by atoms with E-state index in [-0.39, 0.29) is 11.7 Å². The predicted molar refractivity (Wildman–Crippen MR) is 87.6 cm³/mol. The van der Waals surface area contributed by atoms with Gasteiger partial charge in [-0.25, -0.2) is 9.37 Å². The van der Waals surface area contributed by atoms with E-state index in [1.54, 1.807) is 12.1 Å². The highest BCUT2D eigenvalue weighted by Gasteiger charge is 2.20. The van der Waals surface area contributed by atoms with Crippen LogP contribution < -0.4 is 5.73 Å². The van der Waals surface area contributed by atoms with Crippen LogP contribution in [0.25, 0.3) is 11.0 Å². The minimum atomic E-state index is -0.301. The number of imidazole rings is 1. The molecule has 0 aliphatic heterocycles. The normalized spacial score (nSPS) is 12.7. The second kappa shape index (κ2) is 6.07. The number of aryl methyl sites for hydroxylation is 1. The van der Waals surface area contributed by atoms with Gasteiger partial charge in [0.2, 0.25) is 0 Å². The second-order valence-electron chi connectivity index (χ2n) is 5.35. The monoisotopic (exact) mass is 317 g/mol. The van der Waals surface area contributed by atoms with Crippen molar-refractivity contribution in [3.05, 3.63) is 64.7 Å². The van der Waals surface area contributed by atoms with E-state index in [1.165, 1.54) is 6.07 Å². The summed E-state index contributed by atoms with van der Waals surface area (Å²) in [5.41, 5.74) is 8.37. The number of aromatic nitrogens is 2. The summed E-state index contributed by atoms with van der Waals surface area (Å²) < 4.78 is 16.0. The van der Waals surface area contributed by atoms with E-state index >= 15 is 0 Å². The molecule has 1 atom stereocenters. The van der Waals surface area contributed by atoms with Crippen LogP contribution in [0.2, 0.25) is 5.02 Å². The largest absolute Gasteiger partial charge is 0.331 e. The van der Waals surface area contributed by atoms with E-state index in [1.807, 2.05) is 35.9 Å². The molecule has 3 rings (SSSR count). The molecule has 0 aliphatic rings. The number of nitrogens with zero attached hydrogens (tertiary/aromatic N) is 2. The van der Waals surface area contributed by atoms with Crippen LogP contribution in [-0.2, 0) is 13.5 Å². The lowest BCUT2D eigenvalue weighted by Gasteiger charge is -2.16. The van der Waals surface area contributed by atoms with Crippen LogP contribution in [-0.4, -0.2) is 16.1 Å². The molecule has 1 aromatic heterocycles. The molecule has 0 aliphatic carbocycles. The molecule has 114 valence electrons. The molecule has 2 N–H and O–H groups in total. The van der Waals surface area contributed by atoms with Crippen LogP contribution in [0.3, 0.4) is 0 Å². The first-order valence-corrected chi connectivity index (χ1v) is 7.54. The third-order valence-electron chi connectivity index (χ3n) is 3.98. The molecule has 0 bridgehead atoms. The van der Waals surface area contributed by atoms with Gasteiger partial charge in [0.1, 0.15) is 11.6 Å². The number of rotatable bonds is 4. The standard InChI is InChI=1S/C17H17ClFN3/c1-22-16-8-3-2-7-15(16)21-17(22)11(10-20)9-12-13(18)5-4-6-14(12)19/h2-8,11H,9-10,20H2,1H3. The van der Waals surface area contributed by atoms with E-state index in [9.17, 15) is 4.39 Å². The number of halogens is 2. The molecule has 5 heteroatoms. The minimum absolute atomic E-state index is 0.0909. The number of para-hydroxylation sites is 2. The summed E-state index contributed by atoms with van der Waals surface area (Å²) in [5.74, 6) is 0.458. The Balaban J connectivity index is 2.01. The second-order valence-corrected chi connectivity index (χ2v) is 5.76. The van der Waals surface area contributed by atoms with Crippen LogP contribution in [0.1, 0.15) is 17.3 Å². The zero-order chi connectivity index (χ0) is 15.7. The Labute approximate surface area is 133 Å². The van der Waals surface area contributed by atoms with Crippen LogP contribution >= 0.6 is 11.6 Å². The molecule has 3 nitrogen and oxygen atoms in total. The van der Waals surface area contributed by atoms with Crippen LogP contribution in [0.15, 0.2) is 42.5 Å². The Morgan fingerprint density at radius 3 is 2.68 bits per heavy atom. The van der Waals surface area contributed by atoms with Crippen molar-refractivity contribution >= 4 is 22.6 Å². The number of fused-ring (bicyclic) bond motifs is 1. The highest BCUT2D eigenvalue weighted by molar-refractivity contribution is 6.31. The molecule has 0 saturated carbocycles. The van der Waals surface area contributed by atoms with Crippen molar-refractivity contribution < 1.29 is 4.39 Å². The Kier molecular flexibility index (Phi) is 4.14. The van der Waals surface area contributed by atoms with E-state index in [0.29, 0.717) is 23.6 Å². The quantitative estimate of drug-likeness (QED) is 0.798. The molecule has 1 unspecified atom stereocenters. The lowest BCUT2D eigenvalue weighted by molar-refractivity contribution is 0.573. The average molecular weight is 318 g/mol. The number of benzene rings is 2. The van der Waals surface area contributed by atoms with Gasteiger partial charge in [0.05, 0.1) is 11.0 Å². The number of hydrogen-bond donors (Lipinski definition) is 1. The molecule has 0 saturated heterocycles. The highest BCUT2D eigenvalue weighted by atomic mass is 35.5. The van der Waals surface area contributed by atoms with Gasteiger partial charge >= 0.3 is 0 Å². The molecule has 0 radical (unpaired) electrons. The molecular weight excluding hydrogens is 301 g/mol. The van der Waals surface area contributed by atoms with Gasteiger partial charge in [-0.15, -0.1) is 0 Å². The summed E-state index contributed by atoms with van der Waals surface area (Å²) in [5, 5.41) is 0.428. The fourth-order valence-electron chi connectivity index (χ4n) is 2.78. The molecule has 2 aromatic carbocycles. The van der Waals surface area contributed by atoms with Crippen molar-refractivity contribution in [3.63, 3.8) is 0 Å². The first kappa shape index (κ1) is 15.0. The molecule has 0 fully saturated rings. The van der Waals surface area contributed by atoms with Gasteiger partial charge in [0, 0.05) is 30.1 Å². The van der Waals surface area contributed by atoms with Crippen LogP contribution in [0.4, 0.5) is 4.39 Å². The average Bonchev–Trinajstić information content (AvgIpc) is 2.85. The Morgan fingerprint density at radius 2 is 2.00 bits per heavy atom. The van der Waals surface area contributed by atoms with Gasteiger partial charge in [0.15, 0.2) is 0 Å². The van der Waals surface area contributed by atoms with Crippen molar-refractivity contribution in [1.29, 1.82) is 0 Å². The first-order valence-electron chi connectivity index (χ1n) is 7.16. The number of nitrogens with two attached hydrogens (primary N) is 1. The lowest BCUT2D eigenvalue weighted by atomic mass is 9.98. The van der Waals surface area contributed by atoms with Crippen LogP contribution in [0, 0.1) is 5.82 Å². The first-order chi connectivity index (χ1) is 10.6. The summed E-state index contributed by atoms with van der Waals surface area (Å²) in [7, 11) is 1.95. The van der Waals surface area contributed by atoms with Crippen molar-refractivity contribution in [2.45, 2.75) is 12.3 Å². The van der Waals surface area contributed by atoms with Gasteiger partial charge in [0.25, 0.3) is 0 Å². The maximum absolute atomic E-state index is 14.0. The zero-order valence-electron chi connectivity index (χ0n) is 12.3. The van der Waals surface area contributed by atoms with Crippen LogP contribution in [0.5, 0.6) is 0 Å². The van der Waals surface area contributed by atoms with Gasteiger partial charge in [-0.05, 0) is 30.7 Å². The van der Waals surface area contributed by atoms with E-state index in [0.717, 1.165) is 16.9 Å². The molecule has 0 spiro atoms. The minimum Gasteiger partial charge on any atom is -0.331 e. The van der Waals surface area contributed by atoms with Gasteiger partial charge < -0.3 is 10.3 Å². The summed E-state index contributed by atoms with van der Waals surface area (Å²) in [6.07, 6.45) is 0.430. The van der Waals surface area contributed by atoms with Crippen molar-refractivity contribution in [3.8, 4) is 0 Å². The van der Waals surface area contributed by atoms with E-state index in [4.69, 9.17) is 17.3 Å². The lowest BCUT2D eigenvalue weighted by Crippen LogP contribution is -2.19. The molecular formula is C17H17ClFN3. The zero-order valence-corrected chi connectivity index (χ0v) is 13.0. The third-order valence-corrected chi connectivity index (χ3v) is 4.34. The molecule has 3 aromatic rings. The Hall–Kier alpha value is -1.91. The summed E-state index contributed by atoms with van der Waals surface area (Å²) in [4.78, 5) is 4.66. The number of hydrogen-bond acceptors (Lipinski definition) is 2. The van der Waals surface area contributed by atoms with Crippen molar-refractivity contribution in [2.24, 2.45) is 12.8 Å². The van der Waals surface area contributed by atoms with E-state index in [2.05, 4.69) is 4.98 Å². The van der Waals surface area contributed by atoms with Crippen molar-refractivity contribution in [2.75, 3.05) is 6.54 Å².